The lowest BCUT2D eigenvalue weighted by Gasteiger charge is -2.57. The van der Waals surface area contributed by atoms with E-state index in [2.05, 4.69) is 10.6 Å². The Balaban J connectivity index is 1.24. The van der Waals surface area contributed by atoms with E-state index < -0.39 is 29.8 Å². The zero-order valence-corrected chi connectivity index (χ0v) is 26.7. The minimum Gasteiger partial charge on any atom is -0.445 e. The third kappa shape index (κ3) is 7.07. The Bertz CT molecular complexity index is 1260. The third-order valence-corrected chi connectivity index (χ3v) is 10.1. The maximum Gasteiger partial charge on any atom is 0.408 e. The molecule has 7 rings (SSSR count). The van der Waals surface area contributed by atoms with Gasteiger partial charge in [-0.3, -0.25) is 4.79 Å². The quantitative estimate of drug-likeness (QED) is 0.268. The zero-order chi connectivity index (χ0) is 31.4. The molecule has 244 valence electrons. The molecule has 2 aromatic rings. The van der Waals surface area contributed by atoms with Crippen LogP contribution < -0.4 is 10.6 Å². The molecule has 1 aliphatic heterocycles. The van der Waals surface area contributed by atoms with Crippen LogP contribution in [-0.4, -0.2) is 48.9 Å². The van der Waals surface area contributed by atoms with Crippen LogP contribution in [0.1, 0.15) is 70.4 Å². The van der Waals surface area contributed by atoms with Crippen molar-refractivity contribution in [3.05, 3.63) is 71.8 Å². The molecular formula is C36H48N2O7. The Morgan fingerprint density at radius 3 is 2.09 bits per heavy atom. The van der Waals surface area contributed by atoms with Crippen LogP contribution in [0.25, 0.3) is 0 Å². The summed E-state index contributed by atoms with van der Waals surface area (Å²) in [6, 6.07) is 17.9. The molecule has 9 nitrogen and oxygen atoms in total. The summed E-state index contributed by atoms with van der Waals surface area (Å²) in [6.07, 6.45) is 5.80. The summed E-state index contributed by atoms with van der Waals surface area (Å²) < 4.78 is 18.6. The van der Waals surface area contributed by atoms with E-state index in [4.69, 9.17) is 24.0 Å². The van der Waals surface area contributed by atoms with E-state index in [1.807, 2.05) is 81.4 Å². The molecule has 9 heteroatoms. The summed E-state index contributed by atoms with van der Waals surface area (Å²) in [5.74, 6) is -0.476. The van der Waals surface area contributed by atoms with Crippen molar-refractivity contribution < 1.29 is 33.6 Å². The summed E-state index contributed by atoms with van der Waals surface area (Å²) in [7, 11) is 0. The van der Waals surface area contributed by atoms with Crippen molar-refractivity contribution >= 4 is 12.0 Å². The molecule has 2 amide bonds. The predicted octanol–water partition coefficient (Wildman–Crippen LogP) is 5.92. The molecule has 1 heterocycles. The third-order valence-electron chi connectivity index (χ3n) is 10.1. The average molecular weight is 621 g/mol. The maximum atomic E-state index is 14.1. The first-order valence-corrected chi connectivity index (χ1v) is 16.7. The van der Waals surface area contributed by atoms with Gasteiger partial charge in [0.15, 0.2) is 0 Å². The highest BCUT2D eigenvalue weighted by molar-refractivity contribution is 5.86. The van der Waals surface area contributed by atoms with E-state index in [0.29, 0.717) is 19.4 Å². The SMILES string of the molecule is CCOCC1([C@H](Cc2ccccc2)NC(=O)[C@H](CC(C)C)NC(=O)OCc2ccccc2)OOC2(O1)C1CC3CC(C1)CC2C3. The van der Waals surface area contributed by atoms with Crippen molar-refractivity contribution in [1.82, 2.24) is 10.6 Å². The Hall–Kier alpha value is -2.98. The summed E-state index contributed by atoms with van der Waals surface area (Å²) in [6.45, 7) is 6.62. The highest BCUT2D eigenvalue weighted by Gasteiger charge is 2.68. The fourth-order valence-electron chi connectivity index (χ4n) is 8.16. The van der Waals surface area contributed by atoms with Gasteiger partial charge in [-0.1, -0.05) is 74.5 Å². The van der Waals surface area contributed by atoms with Crippen LogP contribution in [0.4, 0.5) is 4.79 Å². The van der Waals surface area contributed by atoms with Crippen LogP contribution in [0.15, 0.2) is 60.7 Å². The number of alkyl carbamates (subject to hydrolysis) is 1. The molecule has 0 aromatic heterocycles. The average Bonchev–Trinajstić information content (AvgIpc) is 3.43. The molecule has 0 radical (unpaired) electrons. The molecule has 2 aromatic carbocycles. The van der Waals surface area contributed by atoms with Crippen LogP contribution in [0.3, 0.4) is 0 Å². The molecular weight excluding hydrogens is 572 g/mol. The van der Waals surface area contributed by atoms with E-state index in [0.717, 1.165) is 48.6 Å². The monoisotopic (exact) mass is 620 g/mol. The molecule has 2 N–H and O–H groups in total. The molecule has 1 saturated heterocycles. The normalized spacial score (nSPS) is 31.2. The van der Waals surface area contributed by atoms with Crippen LogP contribution >= 0.6 is 0 Å². The number of carbonyl (C=O) groups excluding carboxylic acids is 2. The van der Waals surface area contributed by atoms with Gasteiger partial charge >= 0.3 is 6.09 Å². The van der Waals surface area contributed by atoms with E-state index in [-0.39, 0.29) is 36.9 Å². The van der Waals surface area contributed by atoms with Crippen molar-refractivity contribution in [2.75, 3.05) is 13.2 Å². The van der Waals surface area contributed by atoms with Crippen LogP contribution in [0.5, 0.6) is 0 Å². The van der Waals surface area contributed by atoms with Gasteiger partial charge in [0.1, 0.15) is 19.3 Å². The zero-order valence-electron chi connectivity index (χ0n) is 26.7. The molecule has 5 fully saturated rings. The standard InChI is InChI=1S/C36H48N2O7/c1-4-41-23-35(43-36(45-44-35)29-17-27-16-28(19-29)20-30(36)18-27)32(21-25-11-7-5-8-12-25)38-33(39)31(15-24(2)3)37-34(40)42-22-26-13-9-6-10-14-26/h5-14,24,27-32H,4,15-23H2,1-3H3,(H,37,40)(H,38,39)/t27?,28?,29?,30?,31-,32-,35?,36?/m0/s1. The Labute approximate surface area is 266 Å². The van der Waals surface area contributed by atoms with E-state index in [1.165, 1.54) is 6.42 Å². The van der Waals surface area contributed by atoms with Gasteiger partial charge in [0.2, 0.25) is 17.5 Å². The number of hydrogen-bond acceptors (Lipinski definition) is 7. The fourth-order valence-corrected chi connectivity index (χ4v) is 8.16. The first-order chi connectivity index (χ1) is 21.8. The molecule has 1 spiro atoms. The molecule has 1 unspecified atom stereocenters. The van der Waals surface area contributed by atoms with E-state index >= 15 is 0 Å². The second-order valence-corrected chi connectivity index (χ2v) is 13.9. The van der Waals surface area contributed by atoms with Crippen LogP contribution in [-0.2, 0) is 41.8 Å². The van der Waals surface area contributed by atoms with Gasteiger partial charge in [0, 0.05) is 18.4 Å². The molecule has 4 aliphatic carbocycles. The number of amides is 2. The van der Waals surface area contributed by atoms with Gasteiger partial charge in [-0.2, -0.15) is 9.78 Å². The molecule has 4 saturated carbocycles. The number of benzene rings is 2. The fraction of sp³-hybridized carbons (Fsp3) is 0.611. The van der Waals surface area contributed by atoms with Crippen molar-refractivity contribution in [2.45, 2.75) is 96.0 Å². The highest BCUT2D eigenvalue weighted by atomic mass is 17.3. The first-order valence-electron chi connectivity index (χ1n) is 16.7. The lowest BCUT2D eigenvalue weighted by molar-refractivity contribution is -0.391. The molecule has 45 heavy (non-hydrogen) atoms. The lowest BCUT2D eigenvalue weighted by atomic mass is 9.53. The lowest BCUT2D eigenvalue weighted by Crippen LogP contribution is -2.64. The van der Waals surface area contributed by atoms with Crippen molar-refractivity contribution in [2.24, 2.45) is 29.6 Å². The molecule has 3 atom stereocenters. The Morgan fingerprint density at radius 2 is 1.49 bits per heavy atom. The topological polar surface area (TPSA) is 104 Å². The first kappa shape index (κ1) is 32.0. The largest absolute Gasteiger partial charge is 0.445 e. The predicted molar refractivity (Wildman–Crippen MR) is 167 cm³/mol. The molecule has 4 bridgehead atoms. The number of rotatable bonds is 13. The van der Waals surface area contributed by atoms with Crippen LogP contribution in [0.2, 0.25) is 0 Å². The van der Waals surface area contributed by atoms with Crippen molar-refractivity contribution in [1.29, 1.82) is 0 Å². The highest BCUT2D eigenvalue weighted by Crippen LogP contribution is 2.63. The minimum atomic E-state index is -1.37. The van der Waals surface area contributed by atoms with Gasteiger partial charge in [-0.05, 0) is 80.8 Å². The molecule has 5 aliphatic rings. The van der Waals surface area contributed by atoms with Crippen molar-refractivity contribution in [3.8, 4) is 0 Å². The van der Waals surface area contributed by atoms with Crippen molar-refractivity contribution in [3.63, 3.8) is 0 Å². The number of ether oxygens (including phenoxy) is 3. The second kappa shape index (κ2) is 13.8. The number of nitrogens with one attached hydrogen (secondary N) is 2. The van der Waals surface area contributed by atoms with Gasteiger partial charge in [0.05, 0.1) is 6.04 Å². The summed E-state index contributed by atoms with van der Waals surface area (Å²) >= 11 is 0. The summed E-state index contributed by atoms with van der Waals surface area (Å²) in [5, 5.41) is 6.04. The van der Waals surface area contributed by atoms with Gasteiger partial charge in [-0.15, -0.1) is 0 Å². The number of carbonyl (C=O) groups is 2. The summed E-state index contributed by atoms with van der Waals surface area (Å²) in [5.41, 5.74) is 1.88. The van der Waals surface area contributed by atoms with E-state index in [9.17, 15) is 9.59 Å². The summed E-state index contributed by atoms with van der Waals surface area (Å²) in [4.78, 5) is 39.7. The van der Waals surface area contributed by atoms with Gasteiger partial charge in [0.25, 0.3) is 0 Å². The minimum absolute atomic E-state index is 0.0940. The Morgan fingerprint density at radius 1 is 0.867 bits per heavy atom. The van der Waals surface area contributed by atoms with Gasteiger partial charge < -0.3 is 24.8 Å². The van der Waals surface area contributed by atoms with E-state index in [1.54, 1.807) is 0 Å². The van der Waals surface area contributed by atoms with Gasteiger partial charge in [-0.25, -0.2) is 4.79 Å². The maximum absolute atomic E-state index is 14.1. The Kier molecular flexibility index (Phi) is 9.80. The van der Waals surface area contributed by atoms with Crippen LogP contribution in [0, 0.1) is 29.6 Å². The smallest absolute Gasteiger partial charge is 0.408 e. The number of hydrogen-bond donors (Lipinski definition) is 2. The second-order valence-electron chi connectivity index (χ2n) is 13.9.